The van der Waals surface area contributed by atoms with Gasteiger partial charge in [-0.25, -0.2) is 0 Å². The van der Waals surface area contributed by atoms with E-state index in [0.29, 0.717) is 17.9 Å². The SMILES string of the molecule is Cc1cc(C)n(CC(C)CN=C(N)NC2CCCCC2)n1. The van der Waals surface area contributed by atoms with Crippen LogP contribution in [0.25, 0.3) is 0 Å². The summed E-state index contributed by atoms with van der Waals surface area (Å²) >= 11 is 0. The summed E-state index contributed by atoms with van der Waals surface area (Å²) in [7, 11) is 0. The highest BCUT2D eigenvalue weighted by Crippen LogP contribution is 2.17. The van der Waals surface area contributed by atoms with Crippen molar-refractivity contribution in [2.75, 3.05) is 6.54 Å². The fourth-order valence-electron chi connectivity index (χ4n) is 2.97. The normalized spacial score (nSPS) is 18.7. The molecule has 0 spiro atoms. The molecular formula is C16H29N5. The maximum absolute atomic E-state index is 6.00. The lowest BCUT2D eigenvalue weighted by molar-refractivity contribution is 0.410. The average Bonchev–Trinajstić information content (AvgIpc) is 2.76. The lowest BCUT2D eigenvalue weighted by Gasteiger charge is -2.23. The predicted molar refractivity (Wildman–Crippen MR) is 87.4 cm³/mol. The number of rotatable bonds is 5. The van der Waals surface area contributed by atoms with E-state index in [1.807, 2.05) is 6.92 Å². The van der Waals surface area contributed by atoms with Gasteiger partial charge in [0.05, 0.1) is 5.69 Å². The quantitative estimate of drug-likeness (QED) is 0.646. The Morgan fingerprint density at radius 2 is 2.14 bits per heavy atom. The topological polar surface area (TPSA) is 68.2 Å². The lowest BCUT2D eigenvalue weighted by atomic mass is 9.96. The highest BCUT2D eigenvalue weighted by molar-refractivity contribution is 5.78. The molecular weight excluding hydrogens is 262 g/mol. The van der Waals surface area contributed by atoms with E-state index in [1.54, 1.807) is 0 Å². The van der Waals surface area contributed by atoms with E-state index in [1.165, 1.54) is 37.8 Å². The minimum atomic E-state index is 0.426. The van der Waals surface area contributed by atoms with Gasteiger partial charge in [0.2, 0.25) is 0 Å². The molecule has 1 heterocycles. The number of nitrogens with one attached hydrogen (secondary N) is 1. The Hall–Kier alpha value is -1.52. The molecule has 2 rings (SSSR count). The fraction of sp³-hybridized carbons (Fsp3) is 0.750. The van der Waals surface area contributed by atoms with Gasteiger partial charge in [0, 0.05) is 24.8 Å². The molecule has 3 N–H and O–H groups in total. The van der Waals surface area contributed by atoms with Gasteiger partial charge in [0.25, 0.3) is 0 Å². The van der Waals surface area contributed by atoms with Gasteiger partial charge in [0.15, 0.2) is 5.96 Å². The minimum absolute atomic E-state index is 0.426. The van der Waals surface area contributed by atoms with Gasteiger partial charge >= 0.3 is 0 Å². The van der Waals surface area contributed by atoms with Gasteiger partial charge < -0.3 is 11.1 Å². The molecule has 0 saturated heterocycles. The van der Waals surface area contributed by atoms with Crippen molar-refractivity contribution in [3.05, 3.63) is 17.5 Å². The molecule has 5 nitrogen and oxygen atoms in total. The summed E-state index contributed by atoms with van der Waals surface area (Å²) in [6.45, 7) is 7.94. The van der Waals surface area contributed by atoms with Crippen LogP contribution in [0.15, 0.2) is 11.1 Å². The van der Waals surface area contributed by atoms with Crippen LogP contribution in [0.4, 0.5) is 0 Å². The lowest BCUT2D eigenvalue weighted by Crippen LogP contribution is -2.41. The molecule has 1 aromatic rings. The Morgan fingerprint density at radius 1 is 1.43 bits per heavy atom. The first-order valence-corrected chi connectivity index (χ1v) is 8.12. The van der Waals surface area contributed by atoms with Crippen LogP contribution in [0.2, 0.25) is 0 Å². The van der Waals surface area contributed by atoms with Crippen molar-refractivity contribution in [1.82, 2.24) is 15.1 Å². The zero-order valence-corrected chi connectivity index (χ0v) is 13.6. The second-order valence-electron chi connectivity index (χ2n) is 6.42. The molecule has 118 valence electrons. The van der Waals surface area contributed by atoms with E-state index >= 15 is 0 Å². The second kappa shape index (κ2) is 7.48. The largest absolute Gasteiger partial charge is 0.370 e. The van der Waals surface area contributed by atoms with Crippen LogP contribution >= 0.6 is 0 Å². The number of aromatic nitrogens is 2. The fourth-order valence-corrected chi connectivity index (χ4v) is 2.97. The smallest absolute Gasteiger partial charge is 0.188 e. The van der Waals surface area contributed by atoms with Crippen LogP contribution in [0.1, 0.15) is 50.4 Å². The van der Waals surface area contributed by atoms with Gasteiger partial charge in [-0.15, -0.1) is 0 Å². The van der Waals surface area contributed by atoms with Crippen LogP contribution in [0.5, 0.6) is 0 Å². The van der Waals surface area contributed by atoms with Crippen molar-refractivity contribution in [2.45, 2.75) is 65.5 Å². The van der Waals surface area contributed by atoms with E-state index in [9.17, 15) is 0 Å². The summed E-state index contributed by atoms with van der Waals surface area (Å²) in [6, 6.07) is 2.63. The molecule has 1 saturated carbocycles. The summed E-state index contributed by atoms with van der Waals surface area (Å²) in [4.78, 5) is 4.49. The summed E-state index contributed by atoms with van der Waals surface area (Å²) in [5.41, 5.74) is 8.27. The van der Waals surface area contributed by atoms with Crippen molar-refractivity contribution in [3.8, 4) is 0 Å². The summed E-state index contributed by atoms with van der Waals surface area (Å²) < 4.78 is 2.06. The Morgan fingerprint density at radius 3 is 2.76 bits per heavy atom. The van der Waals surface area contributed by atoms with Crippen LogP contribution in [-0.4, -0.2) is 28.3 Å². The minimum Gasteiger partial charge on any atom is -0.370 e. The molecule has 1 aliphatic rings. The van der Waals surface area contributed by atoms with E-state index in [2.05, 4.69) is 40.0 Å². The van der Waals surface area contributed by atoms with E-state index in [-0.39, 0.29) is 0 Å². The molecule has 1 aliphatic carbocycles. The van der Waals surface area contributed by atoms with Gasteiger partial charge in [-0.3, -0.25) is 9.67 Å². The second-order valence-corrected chi connectivity index (χ2v) is 6.42. The highest BCUT2D eigenvalue weighted by atomic mass is 15.3. The van der Waals surface area contributed by atoms with Gasteiger partial charge in [-0.1, -0.05) is 26.2 Å². The molecule has 0 aliphatic heterocycles. The number of nitrogens with zero attached hydrogens (tertiary/aromatic N) is 3. The van der Waals surface area contributed by atoms with Crippen LogP contribution in [0, 0.1) is 19.8 Å². The molecule has 21 heavy (non-hydrogen) atoms. The number of aliphatic imine (C=N–C) groups is 1. The Labute approximate surface area is 128 Å². The standard InChI is InChI=1S/C16H29N5/c1-12(11-21-14(3)9-13(2)20-21)10-18-16(17)19-15-7-5-4-6-8-15/h9,12,15H,4-8,10-11H2,1-3H3,(H3,17,18,19). The summed E-state index contributed by atoms with van der Waals surface area (Å²) in [5, 5.41) is 7.85. The molecule has 1 fully saturated rings. The number of guanidine groups is 1. The zero-order chi connectivity index (χ0) is 15.2. The number of hydrogen-bond donors (Lipinski definition) is 2. The maximum Gasteiger partial charge on any atom is 0.188 e. The average molecular weight is 291 g/mol. The van der Waals surface area contributed by atoms with Gasteiger partial charge in [-0.05, 0) is 38.7 Å². The molecule has 0 aromatic carbocycles. The van der Waals surface area contributed by atoms with Crippen molar-refractivity contribution in [3.63, 3.8) is 0 Å². The first kappa shape index (κ1) is 15.9. The molecule has 1 aromatic heterocycles. The molecule has 0 amide bonds. The van der Waals surface area contributed by atoms with Crippen LogP contribution in [-0.2, 0) is 6.54 Å². The summed E-state index contributed by atoms with van der Waals surface area (Å²) in [5.74, 6) is 1.02. The number of hydrogen-bond acceptors (Lipinski definition) is 2. The van der Waals surface area contributed by atoms with E-state index < -0.39 is 0 Å². The molecule has 1 unspecified atom stereocenters. The Bertz CT molecular complexity index is 471. The maximum atomic E-state index is 6.00. The summed E-state index contributed by atoms with van der Waals surface area (Å²) in [6.07, 6.45) is 6.41. The zero-order valence-electron chi connectivity index (χ0n) is 13.6. The van der Waals surface area contributed by atoms with Crippen LogP contribution < -0.4 is 11.1 Å². The molecule has 1 atom stereocenters. The van der Waals surface area contributed by atoms with Crippen molar-refractivity contribution in [1.29, 1.82) is 0 Å². The first-order chi connectivity index (χ1) is 10.0. The molecule has 5 heteroatoms. The van der Waals surface area contributed by atoms with Gasteiger partial charge in [0.1, 0.15) is 0 Å². The van der Waals surface area contributed by atoms with Crippen molar-refractivity contribution < 1.29 is 0 Å². The molecule has 0 bridgehead atoms. The first-order valence-electron chi connectivity index (χ1n) is 8.12. The van der Waals surface area contributed by atoms with Crippen LogP contribution in [0.3, 0.4) is 0 Å². The third-order valence-corrected chi connectivity index (χ3v) is 4.12. The Kier molecular flexibility index (Phi) is 5.65. The predicted octanol–water partition coefficient (Wildman–Crippen LogP) is 2.37. The monoisotopic (exact) mass is 291 g/mol. The van der Waals surface area contributed by atoms with Gasteiger partial charge in [-0.2, -0.15) is 5.10 Å². The van der Waals surface area contributed by atoms with E-state index in [0.717, 1.165) is 18.8 Å². The van der Waals surface area contributed by atoms with Crippen molar-refractivity contribution in [2.24, 2.45) is 16.6 Å². The number of aryl methyl sites for hydroxylation is 2. The number of nitrogens with two attached hydrogens (primary N) is 1. The highest BCUT2D eigenvalue weighted by Gasteiger charge is 2.13. The third-order valence-electron chi connectivity index (χ3n) is 4.12. The molecule has 0 radical (unpaired) electrons. The van der Waals surface area contributed by atoms with E-state index in [4.69, 9.17) is 5.73 Å². The third kappa shape index (κ3) is 5.06. The Balaban J connectivity index is 1.77. The van der Waals surface area contributed by atoms with Crippen molar-refractivity contribution >= 4 is 5.96 Å².